The molecule has 3 amide bonds. The second-order valence-corrected chi connectivity index (χ2v) is 11.8. The smallest absolute Gasteiger partial charge is 0.247 e. The van der Waals surface area contributed by atoms with Crippen LogP contribution in [0.3, 0.4) is 0 Å². The van der Waals surface area contributed by atoms with Gasteiger partial charge in [-0.15, -0.1) is 11.8 Å². The van der Waals surface area contributed by atoms with Crippen molar-refractivity contribution >= 4 is 29.5 Å². The number of unbranched alkanes of at least 4 members (excludes halogenated alkanes) is 1. The summed E-state index contributed by atoms with van der Waals surface area (Å²) < 4.78 is -0.830. The normalized spacial score (nSPS) is 32.3. The van der Waals surface area contributed by atoms with E-state index in [1.165, 1.54) is 0 Å². The number of carbonyl (C=O) groups is 3. The molecular weight excluding hydrogens is 474 g/mol. The fourth-order valence-corrected chi connectivity index (χ4v) is 8.23. The van der Waals surface area contributed by atoms with Crippen molar-refractivity contribution < 1.29 is 19.5 Å². The van der Waals surface area contributed by atoms with Gasteiger partial charge in [0.25, 0.3) is 0 Å². The molecular formula is C28H35N3O4S. The number of carbonyl (C=O) groups excluding carboxylic acids is 3. The van der Waals surface area contributed by atoms with Crippen LogP contribution in [0.1, 0.15) is 32.3 Å². The van der Waals surface area contributed by atoms with E-state index >= 15 is 0 Å². The van der Waals surface area contributed by atoms with Crippen molar-refractivity contribution in [3.8, 4) is 0 Å². The first-order valence-electron chi connectivity index (χ1n) is 13.0. The fourth-order valence-electron chi connectivity index (χ4n) is 6.23. The van der Waals surface area contributed by atoms with Crippen LogP contribution >= 0.6 is 11.8 Å². The molecule has 4 aliphatic heterocycles. The summed E-state index contributed by atoms with van der Waals surface area (Å²) in [7, 11) is 0. The highest BCUT2D eigenvalue weighted by atomic mass is 32.2. The Labute approximate surface area is 217 Å². The van der Waals surface area contributed by atoms with E-state index in [4.69, 9.17) is 0 Å². The summed E-state index contributed by atoms with van der Waals surface area (Å²) >= 11 is 1.59. The molecule has 1 spiro atoms. The molecule has 0 radical (unpaired) electrons. The first kappa shape index (κ1) is 25.1. The zero-order valence-electron chi connectivity index (χ0n) is 21.0. The molecule has 0 bridgehead atoms. The van der Waals surface area contributed by atoms with Crippen LogP contribution in [-0.2, 0) is 20.9 Å². The second kappa shape index (κ2) is 10.1. The third-order valence-electron chi connectivity index (χ3n) is 8.00. The Hall–Kier alpha value is -2.58. The van der Waals surface area contributed by atoms with Crippen LogP contribution in [0, 0.1) is 11.8 Å². The molecule has 1 aromatic carbocycles. The van der Waals surface area contributed by atoms with Gasteiger partial charge in [-0.25, -0.2) is 0 Å². The molecule has 0 aliphatic carbocycles. The number of amides is 3. The average Bonchev–Trinajstić information content (AvgIpc) is 3.22. The van der Waals surface area contributed by atoms with Crippen molar-refractivity contribution in [3.63, 3.8) is 0 Å². The van der Waals surface area contributed by atoms with Gasteiger partial charge >= 0.3 is 0 Å². The van der Waals surface area contributed by atoms with Gasteiger partial charge in [-0.1, -0.05) is 68.0 Å². The van der Waals surface area contributed by atoms with Crippen molar-refractivity contribution in [1.29, 1.82) is 0 Å². The Morgan fingerprint density at radius 1 is 1.06 bits per heavy atom. The van der Waals surface area contributed by atoms with Crippen molar-refractivity contribution in [1.82, 2.24) is 14.7 Å². The minimum Gasteiger partial charge on any atom is -0.394 e. The first-order valence-corrected chi connectivity index (χ1v) is 13.9. The summed E-state index contributed by atoms with van der Waals surface area (Å²) in [4.78, 5) is 47.4. The number of fused-ring (bicyclic) bond motifs is 2. The SMILES string of the molecule is CCCCN1CC=C[C@]23S[C@@H]4C=CCN(Cc5ccccc5)C(=O)[C@@H]4[C@H]2C(=O)N([C@H](C)CO)C3C1=O. The summed E-state index contributed by atoms with van der Waals surface area (Å²) in [5, 5.41) is 9.85. The highest BCUT2D eigenvalue weighted by Crippen LogP contribution is 2.61. The highest BCUT2D eigenvalue weighted by Gasteiger charge is 2.71. The number of nitrogens with zero attached hydrogens (tertiary/aromatic N) is 3. The Morgan fingerprint density at radius 2 is 1.81 bits per heavy atom. The molecule has 4 aliphatic rings. The Morgan fingerprint density at radius 3 is 2.53 bits per heavy atom. The highest BCUT2D eigenvalue weighted by molar-refractivity contribution is 8.02. The lowest BCUT2D eigenvalue weighted by Crippen LogP contribution is -2.56. The molecule has 0 saturated carbocycles. The van der Waals surface area contributed by atoms with E-state index in [0.29, 0.717) is 26.2 Å². The van der Waals surface area contributed by atoms with E-state index in [9.17, 15) is 19.5 Å². The maximum absolute atomic E-state index is 14.1. The number of likely N-dealkylation sites (tertiary alicyclic amines) is 1. The number of thioether (sulfide) groups is 1. The second-order valence-electron chi connectivity index (χ2n) is 10.3. The molecule has 0 aromatic heterocycles. The number of aliphatic hydroxyl groups is 1. The fraction of sp³-hybridized carbons (Fsp3) is 0.536. The van der Waals surface area contributed by atoms with Crippen molar-refractivity contribution in [2.24, 2.45) is 11.8 Å². The minimum atomic E-state index is -0.830. The van der Waals surface area contributed by atoms with E-state index in [1.54, 1.807) is 23.6 Å². The zero-order chi connectivity index (χ0) is 25.4. The predicted octanol–water partition coefficient (Wildman–Crippen LogP) is 2.46. The molecule has 7 nitrogen and oxygen atoms in total. The lowest BCUT2D eigenvalue weighted by Gasteiger charge is -2.37. The average molecular weight is 510 g/mol. The molecule has 36 heavy (non-hydrogen) atoms. The number of benzene rings is 1. The molecule has 4 heterocycles. The van der Waals surface area contributed by atoms with E-state index in [0.717, 1.165) is 18.4 Å². The Bertz CT molecular complexity index is 1080. The summed E-state index contributed by atoms with van der Waals surface area (Å²) in [6.07, 6.45) is 10.00. The number of aliphatic hydroxyl groups excluding tert-OH is 1. The van der Waals surface area contributed by atoms with Gasteiger partial charge in [-0.2, -0.15) is 0 Å². The van der Waals surface area contributed by atoms with Crippen molar-refractivity contribution in [2.75, 3.05) is 26.2 Å². The van der Waals surface area contributed by atoms with E-state index in [2.05, 4.69) is 13.0 Å². The number of rotatable bonds is 7. The van der Waals surface area contributed by atoms with Crippen molar-refractivity contribution in [3.05, 3.63) is 60.2 Å². The van der Waals surface area contributed by atoms with Gasteiger partial charge in [0, 0.05) is 31.4 Å². The molecule has 8 heteroatoms. The van der Waals surface area contributed by atoms with Crippen LogP contribution in [-0.4, -0.2) is 85.8 Å². The zero-order valence-corrected chi connectivity index (χ0v) is 21.8. The van der Waals surface area contributed by atoms with Crippen LogP contribution in [0.15, 0.2) is 54.6 Å². The van der Waals surface area contributed by atoms with Crippen LogP contribution in [0.5, 0.6) is 0 Å². The first-order chi connectivity index (χ1) is 17.4. The molecule has 1 aromatic rings. The largest absolute Gasteiger partial charge is 0.394 e. The summed E-state index contributed by atoms with van der Waals surface area (Å²) in [5.74, 6) is -1.51. The van der Waals surface area contributed by atoms with E-state index in [1.807, 2.05) is 58.4 Å². The summed E-state index contributed by atoms with van der Waals surface area (Å²) in [5.41, 5.74) is 1.04. The molecule has 6 atom stereocenters. The molecule has 1 unspecified atom stereocenters. The van der Waals surface area contributed by atoms with Crippen LogP contribution in [0.4, 0.5) is 0 Å². The third kappa shape index (κ3) is 3.98. The van der Waals surface area contributed by atoms with Gasteiger partial charge in [0.2, 0.25) is 17.7 Å². The topological polar surface area (TPSA) is 81.2 Å². The molecule has 2 saturated heterocycles. The third-order valence-corrected chi connectivity index (χ3v) is 9.74. The predicted molar refractivity (Wildman–Crippen MR) is 140 cm³/mol. The van der Waals surface area contributed by atoms with Gasteiger partial charge in [-0.05, 0) is 18.9 Å². The molecule has 5 rings (SSSR count). The Balaban J connectivity index is 1.54. The van der Waals surface area contributed by atoms with Crippen LogP contribution in [0.2, 0.25) is 0 Å². The molecule has 2 fully saturated rings. The van der Waals surface area contributed by atoms with Crippen molar-refractivity contribution in [2.45, 2.75) is 55.3 Å². The minimum absolute atomic E-state index is 0.0400. The maximum Gasteiger partial charge on any atom is 0.247 e. The standard InChI is InChI=1S/C28H35N3O4S/c1-3-4-14-29-16-9-13-28-23(26(34)31(19(2)18-32)24(28)27(29)35)22-21(36-28)12-8-15-30(25(22)33)17-20-10-6-5-7-11-20/h5-13,19,21-24,32H,3-4,14-18H2,1-2H3/t19-,21-,22+,23+,24?,28+/m1/s1. The lowest BCUT2D eigenvalue weighted by atomic mass is 9.78. The Kier molecular flexibility index (Phi) is 7.01. The summed E-state index contributed by atoms with van der Waals surface area (Å²) in [6.45, 7) is 5.75. The number of hydrogen-bond acceptors (Lipinski definition) is 5. The monoisotopic (exact) mass is 509 g/mol. The van der Waals surface area contributed by atoms with Crippen LogP contribution in [0.25, 0.3) is 0 Å². The van der Waals surface area contributed by atoms with Gasteiger partial charge in [-0.3, -0.25) is 14.4 Å². The van der Waals surface area contributed by atoms with Gasteiger partial charge in [0.05, 0.1) is 29.2 Å². The molecule has 1 N–H and O–H groups in total. The van der Waals surface area contributed by atoms with E-state index < -0.39 is 28.7 Å². The van der Waals surface area contributed by atoms with Gasteiger partial charge in [0.15, 0.2) is 0 Å². The number of hydrogen-bond donors (Lipinski definition) is 1. The van der Waals surface area contributed by atoms with Crippen LogP contribution < -0.4 is 0 Å². The van der Waals surface area contributed by atoms with Gasteiger partial charge in [0.1, 0.15) is 6.04 Å². The quantitative estimate of drug-likeness (QED) is 0.571. The van der Waals surface area contributed by atoms with Gasteiger partial charge < -0.3 is 19.8 Å². The van der Waals surface area contributed by atoms with E-state index in [-0.39, 0.29) is 29.6 Å². The summed E-state index contributed by atoms with van der Waals surface area (Å²) in [6, 6.07) is 8.64. The maximum atomic E-state index is 14.1. The molecule has 192 valence electrons. The lowest BCUT2D eigenvalue weighted by molar-refractivity contribution is -0.146.